The highest BCUT2D eigenvalue weighted by Gasteiger charge is 2.47. The summed E-state index contributed by atoms with van der Waals surface area (Å²) in [7, 11) is 0. The summed E-state index contributed by atoms with van der Waals surface area (Å²) in [6.07, 6.45) is 0. The quantitative estimate of drug-likeness (QED) is 0.256. The van der Waals surface area contributed by atoms with Crippen LogP contribution in [0.2, 0.25) is 0 Å². The van der Waals surface area contributed by atoms with Crippen molar-refractivity contribution < 1.29 is 19.6 Å². The molecule has 0 radical (unpaired) electrons. The number of carbonyl (C=O) groups is 3. The predicted molar refractivity (Wildman–Crippen MR) is 131 cm³/mol. The van der Waals surface area contributed by atoms with E-state index in [0.717, 1.165) is 15.7 Å². The second kappa shape index (κ2) is 7.78. The molecule has 1 aliphatic heterocycles. The molecule has 1 N–H and O–H groups in total. The van der Waals surface area contributed by atoms with Gasteiger partial charge in [-0.05, 0) is 34.4 Å². The highest BCUT2D eigenvalue weighted by Crippen LogP contribution is 2.36. The molecule has 0 aliphatic carbocycles. The standard InChI is InChI=1S/C28H24N2O4/c1-28(2,3)24(27(33)30(34)22-16-8-10-17-9-4-5-13-19(17)22)29-25(31)20-14-6-11-18-12-7-15-21(23(18)20)26(29)32/h4-16,24,34H,1-3H3/t24-/m1/s1. The number of hydrogen-bond acceptors (Lipinski definition) is 4. The maximum Gasteiger partial charge on any atom is 0.274 e. The third-order valence-corrected chi connectivity index (χ3v) is 6.32. The van der Waals surface area contributed by atoms with Crippen LogP contribution in [0, 0.1) is 5.41 Å². The zero-order valence-corrected chi connectivity index (χ0v) is 19.1. The van der Waals surface area contributed by atoms with Crippen LogP contribution in [0.5, 0.6) is 0 Å². The van der Waals surface area contributed by atoms with Gasteiger partial charge in [0.1, 0.15) is 6.04 Å². The summed E-state index contributed by atoms with van der Waals surface area (Å²) in [6, 6.07) is 22.0. The van der Waals surface area contributed by atoms with Gasteiger partial charge in [-0.25, -0.2) is 0 Å². The molecule has 4 aromatic rings. The van der Waals surface area contributed by atoms with Crippen molar-refractivity contribution in [2.24, 2.45) is 5.41 Å². The zero-order chi connectivity index (χ0) is 24.2. The monoisotopic (exact) mass is 452 g/mol. The number of carbonyl (C=O) groups excluding carboxylic acids is 3. The van der Waals surface area contributed by atoms with E-state index in [1.165, 1.54) is 0 Å². The molecule has 0 aromatic heterocycles. The summed E-state index contributed by atoms with van der Waals surface area (Å²) in [4.78, 5) is 42.1. The second-order valence-corrected chi connectivity index (χ2v) is 9.61. The highest BCUT2D eigenvalue weighted by molar-refractivity contribution is 6.27. The normalized spacial score (nSPS) is 14.5. The van der Waals surface area contributed by atoms with E-state index >= 15 is 0 Å². The fourth-order valence-electron chi connectivity index (χ4n) is 4.78. The minimum absolute atomic E-state index is 0.289. The summed E-state index contributed by atoms with van der Waals surface area (Å²) >= 11 is 0. The molecule has 3 amide bonds. The average molecular weight is 453 g/mol. The lowest BCUT2D eigenvalue weighted by Gasteiger charge is -2.40. The number of amides is 3. The Bertz CT molecular complexity index is 1430. The molecule has 1 atom stereocenters. The van der Waals surface area contributed by atoms with Gasteiger partial charge in [0.25, 0.3) is 17.7 Å². The Morgan fingerprint density at radius 3 is 1.94 bits per heavy atom. The third-order valence-electron chi connectivity index (χ3n) is 6.32. The first-order valence-corrected chi connectivity index (χ1v) is 11.1. The van der Waals surface area contributed by atoms with Gasteiger partial charge in [0.05, 0.1) is 5.69 Å². The molecule has 0 bridgehead atoms. The van der Waals surface area contributed by atoms with E-state index < -0.39 is 29.2 Å². The SMILES string of the molecule is CC(C)(C)[C@@H](C(=O)N(O)c1cccc2ccccc12)N1C(=O)c2cccc3cccc(c23)C1=O. The summed E-state index contributed by atoms with van der Waals surface area (Å²) in [5.74, 6) is -1.85. The van der Waals surface area contributed by atoms with Crippen LogP contribution in [0.15, 0.2) is 78.9 Å². The molecular weight excluding hydrogens is 428 g/mol. The maximum absolute atomic E-state index is 13.8. The van der Waals surface area contributed by atoms with Crippen LogP contribution in [0.3, 0.4) is 0 Å². The van der Waals surface area contributed by atoms with E-state index in [9.17, 15) is 19.6 Å². The van der Waals surface area contributed by atoms with Crippen LogP contribution in [0.25, 0.3) is 21.5 Å². The second-order valence-electron chi connectivity index (χ2n) is 9.61. The maximum atomic E-state index is 13.8. The molecule has 0 spiro atoms. The molecule has 1 aliphatic rings. The molecule has 1 heterocycles. The molecular formula is C28H24N2O4. The lowest BCUT2D eigenvalue weighted by molar-refractivity contribution is -0.130. The first-order chi connectivity index (χ1) is 16.2. The van der Waals surface area contributed by atoms with E-state index in [4.69, 9.17) is 0 Å². The molecule has 6 nitrogen and oxygen atoms in total. The number of hydroxylamine groups is 1. The van der Waals surface area contributed by atoms with Crippen molar-refractivity contribution in [3.63, 3.8) is 0 Å². The van der Waals surface area contributed by atoms with Crippen molar-refractivity contribution >= 4 is 45.0 Å². The Balaban J connectivity index is 1.63. The van der Waals surface area contributed by atoms with Crippen LogP contribution in [0.1, 0.15) is 41.5 Å². The minimum Gasteiger partial charge on any atom is -0.281 e. The molecule has 0 saturated heterocycles. The first-order valence-electron chi connectivity index (χ1n) is 11.1. The number of benzene rings is 4. The minimum atomic E-state index is -1.24. The van der Waals surface area contributed by atoms with Crippen molar-refractivity contribution in [2.75, 3.05) is 5.06 Å². The van der Waals surface area contributed by atoms with Gasteiger partial charge in [-0.3, -0.25) is 24.5 Å². The van der Waals surface area contributed by atoms with E-state index in [2.05, 4.69) is 0 Å². The van der Waals surface area contributed by atoms with Crippen LogP contribution < -0.4 is 5.06 Å². The number of hydrogen-bond donors (Lipinski definition) is 1. The van der Waals surface area contributed by atoms with Crippen LogP contribution in [-0.4, -0.2) is 33.9 Å². The van der Waals surface area contributed by atoms with Gasteiger partial charge in [0.2, 0.25) is 0 Å². The van der Waals surface area contributed by atoms with Gasteiger partial charge >= 0.3 is 0 Å². The number of nitrogens with zero attached hydrogens (tertiary/aromatic N) is 2. The van der Waals surface area contributed by atoms with Crippen molar-refractivity contribution in [1.29, 1.82) is 0 Å². The molecule has 0 fully saturated rings. The van der Waals surface area contributed by atoms with Gasteiger partial charge in [-0.15, -0.1) is 0 Å². The van der Waals surface area contributed by atoms with Gasteiger partial charge in [0, 0.05) is 21.9 Å². The summed E-state index contributed by atoms with van der Waals surface area (Å²) in [5.41, 5.74) is 0.166. The average Bonchev–Trinajstić information content (AvgIpc) is 2.83. The first kappa shape index (κ1) is 21.8. The number of rotatable bonds is 3. The topological polar surface area (TPSA) is 77.9 Å². The van der Waals surface area contributed by atoms with Crippen LogP contribution in [0.4, 0.5) is 5.69 Å². The van der Waals surface area contributed by atoms with E-state index in [1.54, 1.807) is 63.2 Å². The predicted octanol–water partition coefficient (Wildman–Crippen LogP) is 5.43. The third kappa shape index (κ3) is 3.26. The Morgan fingerprint density at radius 2 is 1.32 bits per heavy atom. The molecule has 5 rings (SSSR count). The largest absolute Gasteiger partial charge is 0.281 e. The fraction of sp³-hybridized carbons (Fsp3) is 0.179. The molecule has 170 valence electrons. The van der Waals surface area contributed by atoms with Crippen molar-refractivity contribution in [1.82, 2.24) is 4.90 Å². The van der Waals surface area contributed by atoms with Gasteiger partial charge in [0.15, 0.2) is 0 Å². The van der Waals surface area contributed by atoms with Gasteiger partial charge in [-0.2, -0.15) is 5.06 Å². The number of imide groups is 1. The van der Waals surface area contributed by atoms with Crippen LogP contribution >= 0.6 is 0 Å². The van der Waals surface area contributed by atoms with Crippen molar-refractivity contribution in [3.8, 4) is 0 Å². The van der Waals surface area contributed by atoms with E-state index in [-0.39, 0.29) is 5.69 Å². The Kier molecular flexibility index (Phi) is 4.99. The molecule has 0 saturated carbocycles. The van der Waals surface area contributed by atoms with Crippen LogP contribution in [-0.2, 0) is 4.79 Å². The van der Waals surface area contributed by atoms with Gasteiger partial charge in [-0.1, -0.05) is 81.4 Å². The van der Waals surface area contributed by atoms with Crippen molar-refractivity contribution in [3.05, 3.63) is 90.0 Å². The van der Waals surface area contributed by atoms with E-state index in [0.29, 0.717) is 27.0 Å². The van der Waals surface area contributed by atoms with E-state index in [1.807, 2.05) is 36.4 Å². The van der Waals surface area contributed by atoms with Gasteiger partial charge < -0.3 is 0 Å². The fourth-order valence-corrected chi connectivity index (χ4v) is 4.78. The molecule has 4 aromatic carbocycles. The smallest absolute Gasteiger partial charge is 0.274 e. The molecule has 6 heteroatoms. The number of fused-ring (bicyclic) bond motifs is 1. The number of anilines is 1. The lowest BCUT2D eigenvalue weighted by Crippen LogP contribution is -2.59. The molecule has 34 heavy (non-hydrogen) atoms. The Labute approximate surface area is 197 Å². The summed E-state index contributed by atoms with van der Waals surface area (Å²) in [6.45, 7) is 5.32. The van der Waals surface area contributed by atoms with Crippen molar-refractivity contribution in [2.45, 2.75) is 26.8 Å². The molecule has 0 unspecified atom stereocenters. The Morgan fingerprint density at radius 1 is 0.794 bits per heavy atom. The zero-order valence-electron chi connectivity index (χ0n) is 19.1. The summed E-state index contributed by atoms with van der Waals surface area (Å²) < 4.78 is 0. The Hall–Kier alpha value is -4.03. The summed E-state index contributed by atoms with van der Waals surface area (Å²) in [5, 5.41) is 14.6. The lowest BCUT2D eigenvalue weighted by atomic mass is 9.82. The highest BCUT2D eigenvalue weighted by atomic mass is 16.5.